The molecular formula is C50H69O7P. The van der Waals surface area contributed by atoms with Crippen molar-refractivity contribution < 1.29 is 32.7 Å². The molecule has 0 saturated carbocycles. The van der Waals surface area contributed by atoms with Crippen LogP contribution in [0.15, 0.2) is 48.5 Å². The van der Waals surface area contributed by atoms with Gasteiger partial charge in [0, 0.05) is 25.7 Å². The summed E-state index contributed by atoms with van der Waals surface area (Å²) >= 11 is 0. The largest absolute Gasteiger partial charge is 0.527 e. The third kappa shape index (κ3) is 10.1. The molecule has 0 heterocycles. The van der Waals surface area contributed by atoms with E-state index in [1.807, 2.05) is 6.92 Å². The Bertz CT molecular complexity index is 2070. The Morgan fingerprint density at radius 1 is 0.466 bits per heavy atom. The molecule has 0 spiro atoms. The quantitative estimate of drug-likeness (QED) is 0.156. The normalized spacial score (nSPS) is 14.8. The second kappa shape index (κ2) is 16.7. The average Bonchev–Trinajstić information content (AvgIpc) is 3.09. The number of hydrogen-bond acceptors (Lipinski definition) is 6. The number of ether oxygens (including phenoxy) is 3. The van der Waals surface area contributed by atoms with Crippen molar-refractivity contribution in [3.63, 3.8) is 0 Å². The van der Waals surface area contributed by atoms with E-state index in [0.717, 1.165) is 78.4 Å². The first-order chi connectivity index (χ1) is 26.8. The maximum atomic E-state index is 13.8. The molecule has 4 aromatic carbocycles. The predicted octanol–water partition coefficient (Wildman–Crippen LogP) is 12.5. The summed E-state index contributed by atoms with van der Waals surface area (Å²) in [5.41, 5.74) is 11.6. The predicted molar refractivity (Wildman–Crippen MR) is 238 cm³/mol. The average molecular weight is 813 g/mol. The molecule has 0 aliphatic heterocycles. The highest BCUT2D eigenvalue weighted by Crippen LogP contribution is 2.50. The van der Waals surface area contributed by atoms with Crippen LogP contribution in [0.2, 0.25) is 0 Å². The summed E-state index contributed by atoms with van der Waals surface area (Å²) in [7, 11) is 0.699. The van der Waals surface area contributed by atoms with Crippen molar-refractivity contribution in [2.75, 3.05) is 27.9 Å². The van der Waals surface area contributed by atoms with E-state index in [0.29, 0.717) is 37.9 Å². The molecule has 5 rings (SSSR count). The lowest BCUT2D eigenvalue weighted by molar-refractivity contribution is 0.202. The maximum absolute atomic E-state index is 13.8. The van der Waals surface area contributed by atoms with Crippen LogP contribution in [0.3, 0.4) is 0 Å². The number of fused-ring (bicyclic) bond motifs is 8. The monoisotopic (exact) mass is 812 g/mol. The molecule has 1 aliphatic carbocycles. The molecule has 316 valence electrons. The molecule has 4 aromatic rings. The van der Waals surface area contributed by atoms with E-state index in [9.17, 15) is 9.46 Å². The molecule has 1 aliphatic rings. The van der Waals surface area contributed by atoms with Crippen molar-refractivity contribution in [2.24, 2.45) is 0 Å². The number of benzene rings is 4. The van der Waals surface area contributed by atoms with Crippen molar-refractivity contribution in [2.45, 2.75) is 144 Å². The van der Waals surface area contributed by atoms with Gasteiger partial charge >= 0.3 is 7.82 Å². The summed E-state index contributed by atoms with van der Waals surface area (Å²) in [6, 6.07) is 17.8. The molecule has 0 saturated heterocycles. The molecule has 0 amide bonds. The van der Waals surface area contributed by atoms with Crippen LogP contribution in [0, 0.1) is 0 Å². The van der Waals surface area contributed by atoms with Crippen molar-refractivity contribution in [3.8, 4) is 23.0 Å². The fourth-order valence-corrected chi connectivity index (χ4v) is 8.80. The number of methoxy groups -OCH3 is 3. The van der Waals surface area contributed by atoms with Crippen LogP contribution in [-0.4, -0.2) is 32.8 Å². The second-order valence-electron chi connectivity index (χ2n) is 20.2. The maximum Gasteiger partial charge on any atom is 0.527 e. The van der Waals surface area contributed by atoms with Crippen molar-refractivity contribution >= 4 is 7.82 Å². The Morgan fingerprint density at radius 3 is 0.879 bits per heavy atom. The number of hydrogen-bond donors (Lipinski definition) is 1. The zero-order chi connectivity index (χ0) is 43.2. The van der Waals surface area contributed by atoms with Crippen molar-refractivity contribution in [3.05, 3.63) is 115 Å². The van der Waals surface area contributed by atoms with Crippen LogP contribution in [-0.2, 0) is 56.4 Å². The summed E-state index contributed by atoms with van der Waals surface area (Å²) in [6.07, 6.45) is 2.47. The SMILES string of the molecule is CCCOP(=O)(O)Oc1c2cc(C(C)(C)C)cc1Cc1cc(C(C)(C)C)cc(c1OC)Cc1cc(C(C)(C)C)cc(c1OC)Cc1cc(C(C)(C)C)cc(c1OC)C2. The molecule has 1 N–H and O–H groups in total. The molecule has 1 unspecified atom stereocenters. The number of phosphoric acid groups is 1. The zero-order valence-electron chi connectivity index (χ0n) is 38.2. The number of rotatable bonds is 8. The van der Waals surface area contributed by atoms with Gasteiger partial charge in [-0.25, -0.2) is 4.57 Å². The Kier molecular flexibility index (Phi) is 13.1. The Morgan fingerprint density at radius 2 is 0.690 bits per heavy atom. The van der Waals surface area contributed by atoms with Gasteiger partial charge in [-0.05, 0) is 94.8 Å². The lowest BCUT2D eigenvalue weighted by atomic mass is 9.79. The van der Waals surface area contributed by atoms with Crippen molar-refractivity contribution in [1.82, 2.24) is 0 Å². The lowest BCUT2D eigenvalue weighted by Crippen LogP contribution is -2.17. The first-order valence-corrected chi connectivity index (χ1v) is 22.2. The first kappa shape index (κ1) is 45.3. The molecule has 0 radical (unpaired) electrons. The van der Waals surface area contributed by atoms with Crippen LogP contribution in [0.5, 0.6) is 23.0 Å². The summed E-state index contributed by atoms with van der Waals surface area (Å²) < 4.78 is 44.7. The van der Waals surface area contributed by atoms with Crippen LogP contribution < -0.4 is 18.7 Å². The topological polar surface area (TPSA) is 83.5 Å². The third-order valence-electron chi connectivity index (χ3n) is 11.2. The highest BCUT2D eigenvalue weighted by Gasteiger charge is 2.32. The number of phosphoric ester groups is 1. The molecule has 0 fully saturated rings. The zero-order valence-corrected chi connectivity index (χ0v) is 39.1. The lowest BCUT2D eigenvalue weighted by Gasteiger charge is -2.29. The van der Waals surface area contributed by atoms with Gasteiger partial charge in [-0.2, -0.15) is 0 Å². The van der Waals surface area contributed by atoms with Crippen LogP contribution in [0.4, 0.5) is 0 Å². The summed E-state index contributed by atoms with van der Waals surface area (Å²) in [5.74, 6) is 2.75. The van der Waals surface area contributed by atoms with E-state index >= 15 is 0 Å². The van der Waals surface area contributed by atoms with E-state index < -0.39 is 7.82 Å². The van der Waals surface area contributed by atoms with E-state index in [-0.39, 0.29) is 28.3 Å². The van der Waals surface area contributed by atoms with Gasteiger partial charge in [0.2, 0.25) is 0 Å². The summed E-state index contributed by atoms with van der Waals surface area (Å²) in [6.45, 7) is 28.7. The van der Waals surface area contributed by atoms with Gasteiger partial charge in [-0.3, -0.25) is 9.42 Å². The minimum absolute atomic E-state index is 0.0919. The molecule has 8 heteroatoms. The van der Waals surface area contributed by atoms with E-state index in [1.54, 1.807) is 21.3 Å². The fourth-order valence-electron chi connectivity index (χ4n) is 7.87. The Labute approximate surface area is 349 Å². The van der Waals surface area contributed by atoms with Gasteiger partial charge < -0.3 is 18.7 Å². The highest BCUT2D eigenvalue weighted by atomic mass is 31.2. The minimum atomic E-state index is -4.53. The highest BCUT2D eigenvalue weighted by molar-refractivity contribution is 7.47. The van der Waals surface area contributed by atoms with Crippen LogP contribution in [0.1, 0.15) is 163 Å². The van der Waals surface area contributed by atoms with Gasteiger partial charge in [-0.1, -0.05) is 139 Å². The Hall–Kier alpha value is -3.77. The van der Waals surface area contributed by atoms with Crippen LogP contribution >= 0.6 is 7.82 Å². The Balaban J connectivity index is 2.00. The van der Waals surface area contributed by atoms with Crippen LogP contribution in [0.25, 0.3) is 0 Å². The van der Waals surface area contributed by atoms with Gasteiger partial charge in [0.05, 0.1) is 27.9 Å². The molecule has 1 atom stereocenters. The molecular weight excluding hydrogens is 744 g/mol. The van der Waals surface area contributed by atoms with E-state index in [1.165, 1.54) is 5.56 Å². The van der Waals surface area contributed by atoms with Gasteiger partial charge in [0.15, 0.2) is 0 Å². The van der Waals surface area contributed by atoms with Gasteiger partial charge in [0.25, 0.3) is 0 Å². The molecule has 8 bridgehead atoms. The summed E-state index contributed by atoms with van der Waals surface area (Å²) in [5, 5.41) is 0. The van der Waals surface area contributed by atoms with Gasteiger partial charge in [0.1, 0.15) is 23.0 Å². The third-order valence-corrected chi connectivity index (χ3v) is 12.2. The fraction of sp³-hybridized carbons (Fsp3) is 0.520. The van der Waals surface area contributed by atoms with Crippen molar-refractivity contribution in [1.29, 1.82) is 0 Å². The minimum Gasteiger partial charge on any atom is -0.496 e. The van der Waals surface area contributed by atoms with Gasteiger partial charge in [-0.15, -0.1) is 0 Å². The molecule has 58 heavy (non-hydrogen) atoms. The van der Waals surface area contributed by atoms with E-state index in [4.69, 9.17) is 23.3 Å². The molecule has 7 nitrogen and oxygen atoms in total. The molecule has 0 aromatic heterocycles. The second-order valence-corrected chi connectivity index (χ2v) is 21.6. The summed E-state index contributed by atoms with van der Waals surface area (Å²) in [4.78, 5) is 11.3. The smallest absolute Gasteiger partial charge is 0.496 e. The standard InChI is InChI=1S/C50H69O7P/c1-17-18-56-58(51,52)57-46-37-21-35-27-40(48(5,6)7)25-33(44(35)54-15)19-31-23-39(47(2,3)4)24-32(43(31)53-14)20-34-26-41(49(8,9)10)28-36(45(34)55-16)22-38(46)30-42(29-37)50(11,12)13/h23-30H,17-22H2,1-16H3,(H,51,52). The first-order valence-electron chi connectivity index (χ1n) is 20.7. The van der Waals surface area contributed by atoms with E-state index in [2.05, 4.69) is 132 Å².